The zero-order valence-electron chi connectivity index (χ0n) is 23.3. The Labute approximate surface area is 220 Å². The Balaban J connectivity index is 1.84. The summed E-state index contributed by atoms with van der Waals surface area (Å²) in [5.74, 6) is 0.552. The lowest BCUT2D eigenvalue weighted by molar-refractivity contribution is -0.134. The van der Waals surface area contributed by atoms with Gasteiger partial charge in [-0.05, 0) is 18.6 Å². The first-order valence-corrected chi connectivity index (χ1v) is 19.1. The number of hydrogen-bond acceptors (Lipinski definition) is 7. The van der Waals surface area contributed by atoms with Gasteiger partial charge in [-0.25, -0.2) is 0 Å². The van der Waals surface area contributed by atoms with Crippen LogP contribution in [0.1, 0.15) is 5.56 Å². The van der Waals surface area contributed by atoms with Crippen molar-refractivity contribution in [2.45, 2.75) is 52.3 Å². The van der Waals surface area contributed by atoms with Gasteiger partial charge in [-0.3, -0.25) is 9.59 Å². The van der Waals surface area contributed by atoms with Crippen molar-refractivity contribution in [3.05, 3.63) is 41.9 Å². The first kappa shape index (κ1) is 28.3. The minimum Gasteiger partial charge on any atom is -0.496 e. The highest BCUT2D eigenvalue weighted by molar-refractivity contribution is 6.98. The van der Waals surface area contributed by atoms with Crippen molar-refractivity contribution in [2.75, 3.05) is 26.6 Å². The van der Waals surface area contributed by atoms with Crippen molar-refractivity contribution in [1.29, 1.82) is 0 Å². The lowest BCUT2D eigenvalue weighted by Crippen LogP contribution is -2.56. The summed E-state index contributed by atoms with van der Waals surface area (Å²) in [6, 6.07) is 7.50. The monoisotopic (exact) mass is 543 g/mol. The molecule has 0 bridgehead atoms. The minimum absolute atomic E-state index is 0.0100. The zero-order valence-corrected chi connectivity index (χ0v) is 25.3. The number of carbonyl (C=O) groups excluding carboxylic acids is 2. The number of carbonyl (C=O) groups is 2. The number of rotatable bonds is 9. The molecule has 0 saturated heterocycles. The maximum Gasteiger partial charge on any atom is 0.289 e. The van der Waals surface area contributed by atoms with Crippen LogP contribution < -0.4 is 34.6 Å². The van der Waals surface area contributed by atoms with Crippen LogP contribution in [0.4, 0.5) is 5.69 Å². The van der Waals surface area contributed by atoms with Gasteiger partial charge in [0, 0.05) is 12.1 Å². The van der Waals surface area contributed by atoms with Crippen molar-refractivity contribution < 1.29 is 33.3 Å². The maximum atomic E-state index is 13.0. The molecule has 3 rings (SSSR count). The van der Waals surface area contributed by atoms with Gasteiger partial charge in [0.05, 0.1) is 43.6 Å². The first-order valence-electron chi connectivity index (χ1n) is 12.1. The highest BCUT2D eigenvalue weighted by Crippen LogP contribution is 2.39. The van der Waals surface area contributed by atoms with Crippen molar-refractivity contribution >= 4 is 43.9 Å². The van der Waals surface area contributed by atoms with Crippen LogP contribution in [0.3, 0.4) is 0 Å². The van der Waals surface area contributed by atoms with Gasteiger partial charge in [-0.15, -0.1) is 0 Å². The summed E-state index contributed by atoms with van der Waals surface area (Å²) in [6.45, 7) is 15.9. The third-order valence-electron chi connectivity index (χ3n) is 6.10. The summed E-state index contributed by atoms with van der Waals surface area (Å²) in [7, 11) is 1.16. The Morgan fingerprint density at radius 1 is 0.838 bits per heavy atom. The Morgan fingerprint density at radius 3 is 1.86 bits per heavy atom. The van der Waals surface area contributed by atoms with Gasteiger partial charge in [-0.2, -0.15) is 0 Å². The fourth-order valence-corrected chi connectivity index (χ4v) is 9.33. The fourth-order valence-electron chi connectivity index (χ4n) is 4.10. The topological polar surface area (TPSA) is 92.3 Å². The predicted molar refractivity (Wildman–Crippen MR) is 150 cm³/mol. The van der Waals surface area contributed by atoms with Crippen LogP contribution in [0, 0.1) is 6.92 Å². The van der Waals surface area contributed by atoms with E-state index in [-0.39, 0.29) is 11.6 Å². The number of ketones is 1. The van der Waals surface area contributed by atoms with E-state index in [0.717, 1.165) is 5.56 Å². The van der Waals surface area contributed by atoms with Crippen LogP contribution in [0.5, 0.6) is 23.0 Å². The summed E-state index contributed by atoms with van der Waals surface area (Å²) < 4.78 is 27.7. The predicted octanol–water partition coefficient (Wildman–Crippen LogP) is 3.94. The Hall–Kier alpha value is -3.25. The molecule has 0 aliphatic carbocycles. The highest BCUT2D eigenvalue weighted by Gasteiger charge is 2.37. The first-order chi connectivity index (χ1) is 17.2. The molecule has 2 aromatic rings. The maximum absolute atomic E-state index is 13.0. The molecule has 0 fully saturated rings. The van der Waals surface area contributed by atoms with E-state index >= 15 is 0 Å². The normalized spacial score (nSPS) is 15.6. The van der Waals surface area contributed by atoms with E-state index in [4.69, 9.17) is 23.7 Å². The van der Waals surface area contributed by atoms with E-state index in [9.17, 15) is 9.59 Å². The molecule has 37 heavy (non-hydrogen) atoms. The van der Waals surface area contributed by atoms with Gasteiger partial charge in [-0.1, -0.05) is 55.7 Å². The van der Waals surface area contributed by atoms with E-state index < -0.39 is 33.9 Å². The zero-order chi connectivity index (χ0) is 27.7. The van der Waals surface area contributed by atoms with Crippen molar-refractivity contribution in [1.82, 2.24) is 0 Å². The van der Waals surface area contributed by atoms with Crippen molar-refractivity contribution in [3.8, 4) is 23.0 Å². The van der Waals surface area contributed by atoms with E-state index in [0.29, 0.717) is 23.0 Å². The van der Waals surface area contributed by atoms with E-state index in [1.165, 1.54) is 37.8 Å². The average molecular weight is 544 g/mol. The Bertz CT molecular complexity index is 1220. The standard InChI is InChI=1S/C27H37NO7Si2/c1-16-11-22(36(5,6)7)23(37(8,9)10)15-19(16)34-24-14-18(29)26(35-24)27(30)28-25-20(32-3)12-17(31-2)13-21(25)33-4/h11-15,26H,1-10H3,(H,28,30). The van der Waals surface area contributed by atoms with Gasteiger partial charge in [0.1, 0.15) is 28.7 Å². The molecule has 8 nitrogen and oxygen atoms in total. The molecule has 2 aromatic carbocycles. The van der Waals surface area contributed by atoms with Gasteiger partial charge < -0.3 is 29.0 Å². The summed E-state index contributed by atoms with van der Waals surface area (Å²) in [4.78, 5) is 25.7. The van der Waals surface area contributed by atoms with Crippen LogP contribution in [0.2, 0.25) is 39.3 Å². The molecule has 200 valence electrons. The fraction of sp³-hybridized carbons (Fsp3) is 0.407. The SMILES string of the molecule is COc1cc(OC)c(NC(=O)C2OC(Oc3cc([Si](C)(C)C)c([Si](C)(C)C)cc3C)=CC2=O)c(OC)c1. The third kappa shape index (κ3) is 6.19. The van der Waals surface area contributed by atoms with E-state index in [1.807, 2.05) is 6.92 Å². The molecule has 0 radical (unpaired) electrons. The average Bonchev–Trinajstić information content (AvgIpc) is 3.18. The summed E-state index contributed by atoms with van der Waals surface area (Å²) in [6.07, 6.45) is -0.184. The van der Waals surface area contributed by atoms with Crippen LogP contribution in [0.25, 0.3) is 0 Å². The van der Waals surface area contributed by atoms with Gasteiger partial charge in [0.25, 0.3) is 11.9 Å². The number of hydrogen-bond donors (Lipinski definition) is 1. The second-order valence-electron chi connectivity index (χ2n) is 11.0. The highest BCUT2D eigenvalue weighted by atomic mass is 28.3. The number of methoxy groups -OCH3 is 3. The van der Waals surface area contributed by atoms with Crippen LogP contribution in [0.15, 0.2) is 36.3 Å². The molecule has 1 aliphatic heterocycles. The molecule has 1 amide bonds. The summed E-state index contributed by atoms with van der Waals surface area (Å²) in [5.41, 5.74) is 1.22. The molecular weight excluding hydrogens is 506 g/mol. The number of anilines is 1. The van der Waals surface area contributed by atoms with Crippen LogP contribution >= 0.6 is 0 Å². The van der Waals surface area contributed by atoms with Crippen LogP contribution in [-0.4, -0.2) is 55.3 Å². The number of aryl methyl sites for hydroxylation is 1. The number of ether oxygens (including phenoxy) is 5. The molecule has 0 saturated carbocycles. The molecule has 10 heteroatoms. The Kier molecular flexibility index (Phi) is 8.13. The second kappa shape index (κ2) is 10.6. The van der Waals surface area contributed by atoms with Gasteiger partial charge in [0.2, 0.25) is 11.9 Å². The van der Waals surface area contributed by atoms with Crippen LogP contribution in [-0.2, 0) is 14.3 Å². The number of amides is 1. The van der Waals surface area contributed by atoms with Crippen molar-refractivity contribution in [2.24, 2.45) is 0 Å². The van der Waals surface area contributed by atoms with Gasteiger partial charge in [0.15, 0.2) is 0 Å². The minimum atomic E-state index is -1.68. The van der Waals surface area contributed by atoms with E-state index in [1.54, 1.807) is 12.1 Å². The summed E-state index contributed by atoms with van der Waals surface area (Å²) >= 11 is 0. The molecule has 1 heterocycles. The lowest BCUT2D eigenvalue weighted by Gasteiger charge is -2.29. The van der Waals surface area contributed by atoms with Crippen molar-refractivity contribution in [3.63, 3.8) is 0 Å². The molecular formula is C27H37NO7Si2. The lowest BCUT2D eigenvalue weighted by atomic mass is 10.2. The number of nitrogens with one attached hydrogen (secondary N) is 1. The molecule has 1 aliphatic rings. The quantitative estimate of drug-likeness (QED) is 0.378. The second-order valence-corrected chi connectivity index (χ2v) is 21.1. The van der Waals surface area contributed by atoms with E-state index in [2.05, 4.69) is 56.7 Å². The molecule has 1 unspecified atom stereocenters. The Morgan fingerprint density at radius 2 is 1.38 bits per heavy atom. The van der Waals surface area contributed by atoms with Gasteiger partial charge >= 0.3 is 0 Å². The number of benzene rings is 2. The molecule has 0 spiro atoms. The molecule has 1 N–H and O–H groups in total. The molecule has 1 atom stereocenters. The molecule has 0 aromatic heterocycles. The smallest absolute Gasteiger partial charge is 0.289 e. The largest absolute Gasteiger partial charge is 0.496 e. The third-order valence-corrected chi connectivity index (χ3v) is 10.4. The summed E-state index contributed by atoms with van der Waals surface area (Å²) in [5, 5.41) is 5.45.